The maximum Gasteiger partial charge on any atom is 0.494 e. The zero-order valence-corrected chi connectivity index (χ0v) is 11.6. The summed E-state index contributed by atoms with van der Waals surface area (Å²) < 4.78 is 38.5. The molecule has 0 bridgehead atoms. The molecule has 0 unspecified atom stereocenters. The highest BCUT2D eigenvalue weighted by Gasteiger charge is 2.52. The Bertz CT molecular complexity index is 510. The molecule has 2 rings (SSSR count). The van der Waals surface area contributed by atoms with Crippen LogP contribution >= 0.6 is 0 Å². The minimum absolute atomic E-state index is 0.0819. The van der Waals surface area contributed by atoms with Gasteiger partial charge in [0.1, 0.15) is 0 Å². The quantitative estimate of drug-likeness (QED) is 0.761. The topological polar surface area (TPSA) is 18.5 Å². The molecule has 1 aliphatic rings. The Kier molecular flexibility index (Phi) is 3.31. The van der Waals surface area contributed by atoms with E-state index in [-0.39, 0.29) is 11.0 Å². The second-order valence-corrected chi connectivity index (χ2v) is 5.71. The Hall–Kier alpha value is -1.20. The van der Waals surface area contributed by atoms with Crippen LogP contribution in [0, 0.1) is 11.6 Å². The molecular weight excluding hydrogens is 249 g/mol. The van der Waals surface area contributed by atoms with E-state index in [0.717, 1.165) is 6.07 Å². The van der Waals surface area contributed by atoms with Crippen molar-refractivity contribution in [1.29, 1.82) is 0 Å². The molecule has 0 aromatic heterocycles. The second kappa shape index (κ2) is 4.42. The van der Waals surface area contributed by atoms with Gasteiger partial charge in [0.15, 0.2) is 11.6 Å². The predicted molar refractivity (Wildman–Crippen MR) is 71.5 cm³/mol. The minimum Gasteiger partial charge on any atom is -0.399 e. The fourth-order valence-corrected chi connectivity index (χ4v) is 1.86. The standard InChI is InChI=1S/C14H17BF2O2/c1-9(10-7-6-8-11(16)12(10)17)15-18-13(2,3)14(4,5)19-15/h6-8H,1H2,2-5H3. The third-order valence-electron chi connectivity index (χ3n) is 3.84. The summed E-state index contributed by atoms with van der Waals surface area (Å²) in [6, 6.07) is 3.96. The third kappa shape index (κ3) is 2.32. The molecule has 0 spiro atoms. The van der Waals surface area contributed by atoms with Crippen LogP contribution in [-0.2, 0) is 9.31 Å². The largest absolute Gasteiger partial charge is 0.494 e. The normalized spacial score (nSPS) is 20.6. The summed E-state index contributed by atoms with van der Waals surface area (Å²) in [5.41, 5.74) is -0.705. The van der Waals surface area contributed by atoms with Crippen LogP contribution in [0.1, 0.15) is 33.3 Å². The van der Waals surface area contributed by atoms with Gasteiger partial charge in [-0.15, -0.1) is 0 Å². The highest BCUT2D eigenvalue weighted by atomic mass is 19.2. The van der Waals surface area contributed by atoms with Crippen molar-refractivity contribution in [2.45, 2.75) is 38.9 Å². The molecule has 0 saturated carbocycles. The molecule has 1 aliphatic heterocycles. The minimum atomic E-state index is -0.929. The molecule has 5 heteroatoms. The number of halogens is 2. The first kappa shape index (κ1) is 14.2. The summed E-state index contributed by atoms with van der Waals surface area (Å²) in [7, 11) is -0.777. The number of rotatable bonds is 2. The highest BCUT2D eigenvalue weighted by molar-refractivity contribution is 6.68. The summed E-state index contributed by atoms with van der Waals surface area (Å²) in [5, 5.41) is 0. The Morgan fingerprint density at radius 1 is 1.11 bits per heavy atom. The van der Waals surface area contributed by atoms with E-state index in [9.17, 15) is 8.78 Å². The maximum atomic E-state index is 13.7. The van der Waals surface area contributed by atoms with E-state index >= 15 is 0 Å². The summed E-state index contributed by atoms with van der Waals surface area (Å²) in [6.07, 6.45) is 0. The smallest absolute Gasteiger partial charge is 0.399 e. The lowest BCUT2D eigenvalue weighted by Gasteiger charge is -2.32. The van der Waals surface area contributed by atoms with Gasteiger partial charge in [-0.2, -0.15) is 0 Å². The van der Waals surface area contributed by atoms with E-state index in [1.807, 2.05) is 27.7 Å². The molecule has 102 valence electrons. The summed E-state index contributed by atoms with van der Waals surface area (Å²) in [6.45, 7) is 11.3. The van der Waals surface area contributed by atoms with E-state index in [2.05, 4.69) is 6.58 Å². The van der Waals surface area contributed by atoms with Gasteiger partial charge in [-0.25, -0.2) is 8.78 Å². The van der Waals surface area contributed by atoms with E-state index < -0.39 is 30.0 Å². The number of hydrogen-bond acceptors (Lipinski definition) is 2. The Morgan fingerprint density at radius 3 is 2.16 bits per heavy atom. The van der Waals surface area contributed by atoms with Crippen molar-refractivity contribution >= 4 is 12.6 Å². The van der Waals surface area contributed by atoms with Crippen LogP contribution in [0.4, 0.5) is 8.78 Å². The summed E-state index contributed by atoms with van der Waals surface area (Å²) in [5.74, 6) is -1.84. The summed E-state index contributed by atoms with van der Waals surface area (Å²) >= 11 is 0. The van der Waals surface area contributed by atoms with Crippen molar-refractivity contribution in [3.8, 4) is 0 Å². The monoisotopic (exact) mass is 266 g/mol. The van der Waals surface area contributed by atoms with E-state index in [1.165, 1.54) is 12.1 Å². The van der Waals surface area contributed by atoms with Crippen LogP contribution in [0.2, 0.25) is 0 Å². The van der Waals surface area contributed by atoms with E-state index in [4.69, 9.17) is 9.31 Å². The van der Waals surface area contributed by atoms with Crippen LogP contribution in [0.3, 0.4) is 0 Å². The average molecular weight is 266 g/mol. The van der Waals surface area contributed by atoms with Gasteiger partial charge in [0, 0.05) is 5.56 Å². The van der Waals surface area contributed by atoms with E-state index in [1.54, 1.807) is 0 Å². The molecule has 0 radical (unpaired) electrons. The molecule has 1 saturated heterocycles. The van der Waals surface area contributed by atoms with Crippen molar-refractivity contribution in [3.05, 3.63) is 42.0 Å². The first-order valence-corrected chi connectivity index (χ1v) is 6.14. The second-order valence-electron chi connectivity index (χ2n) is 5.71. The van der Waals surface area contributed by atoms with Crippen LogP contribution in [0.25, 0.3) is 5.47 Å². The van der Waals surface area contributed by atoms with Gasteiger partial charge < -0.3 is 9.31 Å². The first-order valence-electron chi connectivity index (χ1n) is 6.14. The van der Waals surface area contributed by atoms with Crippen LogP contribution in [0.15, 0.2) is 24.8 Å². The van der Waals surface area contributed by atoms with Gasteiger partial charge in [0.2, 0.25) is 0 Å². The maximum absolute atomic E-state index is 13.7. The Balaban J connectivity index is 2.30. The first-order chi connectivity index (χ1) is 8.66. The fourth-order valence-electron chi connectivity index (χ4n) is 1.86. The molecule has 0 N–H and O–H groups in total. The number of hydrogen-bond donors (Lipinski definition) is 0. The van der Waals surface area contributed by atoms with Crippen molar-refractivity contribution in [2.75, 3.05) is 0 Å². The highest BCUT2D eigenvalue weighted by Crippen LogP contribution is 2.40. The lowest BCUT2D eigenvalue weighted by molar-refractivity contribution is 0.00578. The lowest BCUT2D eigenvalue weighted by atomic mass is 9.75. The van der Waals surface area contributed by atoms with Crippen molar-refractivity contribution in [2.24, 2.45) is 0 Å². The van der Waals surface area contributed by atoms with E-state index in [0.29, 0.717) is 0 Å². The van der Waals surface area contributed by atoms with Crippen LogP contribution < -0.4 is 0 Å². The van der Waals surface area contributed by atoms with Crippen molar-refractivity contribution in [1.82, 2.24) is 0 Å². The third-order valence-corrected chi connectivity index (χ3v) is 3.84. The van der Waals surface area contributed by atoms with Gasteiger partial charge in [0.25, 0.3) is 0 Å². The average Bonchev–Trinajstić information content (AvgIpc) is 2.51. The van der Waals surface area contributed by atoms with Gasteiger partial charge in [-0.05, 0) is 39.2 Å². The molecule has 2 nitrogen and oxygen atoms in total. The van der Waals surface area contributed by atoms with Crippen molar-refractivity contribution in [3.63, 3.8) is 0 Å². The number of benzene rings is 1. The predicted octanol–water partition coefficient (Wildman–Crippen LogP) is 3.61. The Morgan fingerprint density at radius 2 is 1.63 bits per heavy atom. The molecule has 1 aromatic rings. The van der Waals surface area contributed by atoms with Crippen LogP contribution in [0.5, 0.6) is 0 Å². The van der Waals surface area contributed by atoms with Crippen LogP contribution in [-0.4, -0.2) is 18.3 Å². The lowest BCUT2D eigenvalue weighted by Crippen LogP contribution is -2.41. The molecule has 0 atom stereocenters. The SMILES string of the molecule is C=C(B1OC(C)(C)C(C)(C)O1)c1cccc(F)c1F. The molecular formula is C14H17BF2O2. The van der Waals surface area contributed by atoms with Gasteiger partial charge in [0.05, 0.1) is 11.2 Å². The Labute approximate surface area is 112 Å². The van der Waals surface area contributed by atoms with Gasteiger partial charge >= 0.3 is 7.12 Å². The molecule has 0 aliphatic carbocycles. The molecule has 1 fully saturated rings. The zero-order valence-electron chi connectivity index (χ0n) is 11.6. The molecule has 1 heterocycles. The van der Waals surface area contributed by atoms with Gasteiger partial charge in [-0.3, -0.25) is 0 Å². The summed E-state index contributed by atoms with van der Waals surface area (Å²) in [4.78, 5) is 0. The molecule has 1 aromatic carbocycles. The fraction of sp³-hybridized carbons (Fsp3) is 0.429. The zero-order chi connectivity index (χ0) is 14.4. The molecule has 19 heavy (non-hydrogen) atoms. The van der Waals surface area contributed by atoms with Gasteiger partial charge in [-0.1, -0.05) is 18.7 Å². The molecule has 0 amide bonds. The van der Waals surface area contributed by atoms with Crippen molar-refractivity contribution < 1.29 is 18.1 Å².